The minimum atomic E-state index is -4.06. The van der Waals surface area contributed by atoms with Gasteiger partial charge in [0.15, 0.2) is 5.82 Å². The third-order valence-corrected chi connectivity index (χ3v) is 6.34. The Morgan fingerprint density at radius 1 is 1.18 bits per heavy atom. The second-order valence-corrected chi connectivity index (χ2v) is 8.32. The second-order valence-electron chi connectivity index (χ2n) is 5.71. The summed E-state index contributed by atoms with van der Waals surface area (Å²) < 4.78 is 69.2. The number of ether oxygens (including phenoxy) is 2. The molecule has 0 atom stereocenters. The molecule has 0 saturated carbocycles. The molecule has 0 saturated heterocycles. The van der Waals surface area contributed by atoms with Gasteiger partial charge in [-0.25, -0.2) is 8.78 Å². The van der Waals surface area contributed by atoms with Crippen molar-refractivity contribution in [3.05, 3.63) is 52.8 Å². The molecule has 28 heavy (non-hydrogen) atoms. The van der Waals surface area contributed by atoms with Crippen molar-refractivity contribution < 1.29 is 26.7 Å². The van der Waals surface area contributed by atoms with Gasteiger partial charge in [0, 0.05) is 19.2 Å². The number of aromatic nitrogens is 1. The highest BCUT2D eigenvalue weighted by atomic mass is 32.2. The van der Waals surface area contributed by atoms with Gasteiger partial charge in [-0.3, -0.25) is 0 Å². The van der Waals surface area contributed by atoms with Crippen LogP contribution in [0.25, 0.3) is 10.2 Å². The Hall–Kier alpha value is -2.30. The van der Waals surface area contributed by atoms with Gasteiger partial charge in [0.2, 0.25) is 4.80 Å². The van der Waals surface area contributed by atoms with Gasteiger partial charge in [0.05, 0.1) is 28.8 Å². The molecule has 3 rings (SSSR count). The van der Waals surface area contributed by atoms with Crippen LogP contribution in [0.4, 0.5) is 8.78 Å². The summed E-state index contributed by atoms with van der Waals surface area (Å²) in [4.78, 5) is 0.00351. The number of hydrogen-bond donors (Lipinski definition) is 0. The van der Waals surface area contributed by atoms with Gasteiger partial charge in [0.25, 0.3) is 10.0 Å². The summed E-state index contributed by atoms with van der Waals surface area (Å²) in [6.07, 6.45) is 0. The number of benzene rings is 2. The van der Waals surface area contributed by atoms with Gasteiger partial charge >= 0.3 is 0 Å². The maximum absolute atomic E-state index is 14.4. The fourth-order valence-corrected chi connectivity index (χ4v) is 4.91. The molecule has 0 aliphatic carbocycles. The number of hydrogen-bond acceptors (Lipinski definition) is 5. The summed E-state index contributed by atoms with van der Waals surface area (Å²) in [5, 5.41) is 0. The predicted octanol–water partition coefficient (Wildman–Crippen LogP) is 3.32. The Kier molecular flexibility index (Phi) is 6.11. The normalized spacial score (nSPS) is 12.6. The quantitative estimate of drug-likeness (QED) is 0.542. The van der Waals surface area contributed by atoms with Crippen molar-refractivity contribution in [1.29, 1.82) is 0 Å². The molecule has 0 spiro atoms. The third-order valence-electron chi connectivity index (χ3n) is 3.91. The maximum Gasteiger partial charge on any atom is 0.285 e. The molecule has 0 unspecified atom stereocenters. The van der Waals surface area contributed by atoms with Gasteiger partial charge in [-0.05, 0) is 37.3 Å². The van der Waals surface area contributed by atoms with Crippen molar-refractivity contribution in [2.75, 3.05) is 20.3 Å². The van der Waals surface area contributed by atoms with Gasteiger partial charge < -0.3 is 14.0 Å². The van der Waals surface area contributed by atoms with Gasteiger partial charge in [-0.15, -0.1) is 4.40 Å². The first kappa shape index (κ1) is 20.4. The minimum absolute atomic E-state index is 0.0335. The molecule has 0 aliphatic heterocycles. The van der Waals surface area contributed by atoms with Crippen LogP contribution in [0.15, 0.2) is 45.7 Å². The van der Waals surface area contributed by atoms with Crippen LogP contribution in [0.1, 0.15) is 6.92 Å². The molecule has 0 radical (unpaired) electrons. The second kappa shape index (κ2) is 8.38. The number of methoxy groups -OCH3 is 1. The summed E-state index contributed by atoms with van der Waals surface area (Å²) in [5.74, 6) is -1.02. The van der Waals surface area contributed by atoms with Crippen molar-refractivity contribution in [3.8, 4) is 5.75 Å². The van der Waals surface area contributed by atoms with Crippen molar-refractivity contribution in [2.24, 2.45) is 4.40 Å². The molecule has 6 nitrogen and oxygen atoms in total. The van der Waals surface area contributed by atoms with E-state index in [1.807, 2.05) is 6.92 Å². The standard InChI is InChI=1S/C18H18F2N2O4S2/c1-3-26-9-8-22-17-15(20)10-12(19)11-16(17)27-18(22)21-28(23,24)14-6-4-13(25-2)5-7-14/h4-7,10-11H,3,8-9H2,1-2H3/b21-18-. The summed E-state index contributed by atoms with van der Waals surface area (Å²) in [6.45, 7) is 2.67. The molecule has 1 aromatic heterocycles. The summed E-state index contributed by atoms with van der Waals surface area (Å²) in [5.41, 5.74) is 0.0924. The number of rotatable bonds is 7. The molecular weight excluding hydrogens is 410 g/mol. The average molecular weight is 428 g/mol. The van der Waals surface area contributed by atoms with Crippen LogP contribution in [-0.4, -0.2) is 33.3 Å². The monoisotopic (exact) mass is 428 g/mol. The predicted molar refractivity (Wildman–Crippen MR) is 102 cm³/mol. The molecular formula is C18H18F2N2O4S2. The van der Waals surface area contributed by atoms with Crippen molar-refractivity contribution in [2.45, 2.75) is 18.4 Å². The average Bonchev–Trinajstić information content (AvgIpc) is 2.98. The fourth-order valence-electron chi connectivity index (χ4n) is 2.61. The van der Waals surface area contributed by atoms with Crippen molar-refractivity contribution in [1.82, 2.24) is 4.57 Å². The first-order valence-electron chi connectivity index (χ1n) is 8.37. The van der Waals surface area contributed by atoms with Crippen LogP contribution >= 0.6 is 11.3 Å². The van der Waals surface area contributed by atoms with Crippen molar-refractivity contribution >= 4 is 31.6 Å². The number of fused-ring (bicyclic) bond motifs is 1. The molecule has 2 aromatic carbocycles. The van der Waals surface area contributed by atoms with Gasteiger partial charge in [0.1, 0.15) is 11.6 Å². The zero-order valence-corrected chi connectivity index (χ0v) is 16.8. The van der Waals surface area contributed by atoms with Crippen LogP contribution in [0.5, 0.6) is 5.75 Å². The van der Waals surface area contributed by atoms with Crippen LogP contribution in [0, 0.1) is 11.6 Å². The molecule has 10 heteroatoms. The summed E-state index contributed by atoms with van der Waals surface area (Å²) >= 11 is 0.896. The SMILES string of the molecule is CCOCCn1/c(=N/S(=O)(=O)c2ccc(OC)cc2)sc2cc(F)cc(F)c21. The number of nitrogens with zero attached hydrogens (tertiary/aromatic N) is 2. The van der Waals surface area contributed by atoms with E-state index in [0.717, 1.165) is 23.5 Å². The third kappa shape index (κ3) is 4.23. The summed E-state index contributed by atoms with van der Waals surface area (Å²) in [7, 11) is -2.59. The molecule has 0 N–H and O–H groups in total. The molecule has 0 aliphatic rings. The van der Waals surface area contributed by atoms with Crippen LogP contribution in [-0.2, 0) is 21.3 Å². The molecule has 0 fully saturated rings. The Labute approximate surface area is 164 Å². The van der Waals surface area contributed by atoms with E-state index in [-0.39, 0.29) is 33.1 Å². The zero-order valence-electron chi connectivity index (χ0n) is 15.2. The van der Waals surface area contributed by atoms with E-state index in [1.54, 1.807) is 0 Å². The van der Waals surface area contributed by atoms with Gasteiger partial charge in [-0.2, -0.15) is 8.42 Å². The summed E-state index contributed by atoms with van der Waals surface area (Å²) in [6, 6.07) is 7.66. The van der Waals surface area contributed by atoms with Crippen LogP contribution in [0.3, 0.4) is 0 Å². The molecule has 0 amide bonds. The lowest BCUT2D eigenvalue weighted by Crippen LogP contribution is -2.20. The molecule has 150 valence electrons. The highest BCUT2D eigenvalue weighted by molar-refractivity contribution is 7.90. The first-order valence-corrected chi connectivity index (χ1v) is 10.6. The van der Waals surface area contributed by atoms with Crippen molar-refractivity contribution in [3.63, 3.8) is 0 Å². The fraction of sp³-hybridized carbons (Fsp3) is 0.278. The zero-order chi connectivity index (χ0) is 20.3. The smallest absolute Gasteiger partial charge is 0.285 e. The maximum atomic E-state index is 14.4. The Balaban J connectivity index is 2.16. The van der Waals surface area contributed by atoms with E-state index in [0.29, 0.717) is 12.4 Å². The lowest BCUT2D eigenvalue weighted by atomic mass is 10.3. The Morgan fingerprint density at radius 2 is 1.89 bits per heavy atom. The van der Waals surface area contributed by atoms with Crippen LogP contribution in [0.2, 0.25) is 0 Å². The van der Waals surface area contributed by atoms with E-state index in [4.69, 9.17) is 9.47 Å². The lowest BCUT2D eigenvalue weighted by Gasteiger charge is -2.06. The minimum Gasteiger partial charge on any atom is -0.497 e. The van der Waals surface area contributed by atoms with E-state index in [2.05, 4.69) is 4.40 Å². The molecule has 3 aromatic rings. The molecule has 1 heterocycles. The lowest BCUT2D eigenvalue weighted by molar-refractivity contribution is 0.139. The van der Waals surface area contributed by atoms with Crippen LogP contribution < -0.4 is 9.54 Å². The number of sulfonamides is 1. The first-order chi connectivity index (χ1) is 13.4. The topological polar surface area (TPSA) is 69.9 Å². The number of halogens is 2. The van der Waals surface area contributed by atoms with E-state index < -0.39 is 21.7 Å². The Bertz CT molecular complexity index is 1150. The van der Waals surface area contributed by atoms with E-state index >= 15 is 0 Å². The number of thiazole rings is 1. The van der Waals surface area contributed by atoms with E-state index in [9.17, 15) is 17.2 Å². The van der Waals surface area contributed by atoms with E-state index in [1.165, 1.54) is 35.9 Å². The van der Waals surface area contributed by atoms with Gasteiger partial charge in [-0.1, -0.05) is 11.3 Å². The molecule has 0 bridgehead atoms. The highest BCUT2D eigenvalue weighted by Gasteiger charge is 2.17. The highest BCUT2D eigenvalue weighted by Crippen LogP contribution is 2.23. The largest absolute Gasteiger partial charge is 0.497 e. The Morgan fingerprint density at radius 3 is 2.54 bits per heavy atom.